The Morgan fingerprint density at radius 3 is 2.30 bits per heavy atom. The number of hydrogen-bond acceptors (Lipinski definition) is 3. The summed E-state index contributed by atoms with van der Waals surface area (Å²) in [4.78, 5) is 32.3. The first-order valence-corrected chi connectivity index (χ1v) is 11.6. The van der Waals surface area contributed by atoms with Crippen LogP contribution in [0.5, 0.6) is 0 Å². The lowest BCUT2D eigenvalue weighted by Crippen LogP contribution is -2.52. The van der Waals surface area contributed by atoms with Crippen molar-refractivity contribution in [3.05, 3.63) is 90.3 Å². The van der Waals surface area contributed by atoms with Gasteiger partial charge in [0.15, 0.2) is 0 Å². The maximum Gasteiger partial charge on any atom is 0.253 e. The van der Waals surface area contributed by atoms with Crippen LogP contribution in [-0.4, -0.2) is 40.8 Å². The molecule has 1 saturated heterocycles. The van der Waals surface area contributed by atoms with E-state index in [-0.39, 0.29) is 17.9 Å². The summed E-state index contributed by atoms with van der Waals surface area (Å²) in [5.74, 6) is 0.117. The molecule has 1 aliphatic rings. The molecule has 0 aliphatic carbocycles. The summed E-state index contributed by atoms with van der Waals surface area (Å²) in [6.45, 7) is 5.13. The smallest absolute Gasteiger partial charge is 0.253 e. The molecule has 2 aromatic carbocycles. The highest BCUT2D eigenvalue weighted by molar-refractivity contribution is 5.94. The van der Waals surface area contributed by atoms with Crippen molar-refractivity contribution in [2.45, 2.75) is 39.2 Å². The Labute approximate surface area is 195 Å². The van der Waals surface area contributed by atoms with Crippen molar-refractivity contribution >= 4 is 11.8 Å². The van der Waals surface area contributed by atoms with Crippen LogP contribution >= 0.6 is 0 Å². The second-order valence-electron chi connectivity index (χ2n) is 9.18. The number of aromatic nitrogens is 1. The molecule has 170 valence electrons. The molecule has 2 amide bonds. The van der Waals surface area contributed by atoms with E-state index in [1.54, 1.807) is 12.4 Å². The van der Waals surface area contributed by atoms with Crippen LogP contribution in [-0.2, 0) is 11.2 Å². The number of hydrogen-bond donors (Lipinski definition) is 1. The van der Waals surface area contributed by atoms with Crippen LogP contribution in [0.1, 0.15) is 42.6 Å². The van der Waals surface area contributed by atoms with Gasteiger partial charge in [0.05, 0.1) is 5.41 Å². The molecule has 5 nitrogen and oxygen atoms in total. The molecule has 0 unspecified atom stereocenters. The summed E-state index contributed by atoms with van der Waals surface area (Å²) >= 11 is 0. The van der Waals surface area contributed by atoms with Crippen molar-refractivity contribution in [1.82, 2.24) is 15.2 Å². The number of pyridine rings is 1. The van der Waals surface area contributed by atoms with Crippen molar-refractivity contribution in [2.75, 3.05) is 13.1 Å². The molecule has 0 atom stereocenters. The van der Waals surface area contributed by atoms with E-state index in [2.05, 4.69) is 28.5 Å². The fourth-order valence-electron chi connectivity index (χ4n) is 4.60. The quantitative estimate of drug-likeness (QED) is 0.601. The molecule has 1 N–H and O–H groups in total. The molecule has 1 fully saturated rings. The number of amides is 2. The Hall–Kier alpha value is -3.47. The molecule has 0 radical (unpaired) electrons. The highest BCUT2D eigenvalue weighted by Crippen LogP contribution is 2.37. The van der Waals surface area contributed by atoms with Crippen molar-refractivity contribution < 1.29 is 9.59 Å². The molecule has 2 heterocycles. The van der Waals surface area contributed by atoms with Gasteiger partial charge in [-0.25, -0.2) is 0 Å². The number of nitrogens with zero attached hydrogens (tertiary/aromatic N) is 2. The van der Waals surface area contributed by atoms with Gasteiger partial charge in [0, 0.05) is 37.1 Å². The minimum Gasteiger partial charge on any atom is -0.353 e. The van der Waals surface area contributed by atoms with Crippen molar-refractivity contribution in [3.63, 3.8) is 0 Å². The molecule has 33 heavy (non-hydrogen) atoms. The van der Waals surface area contributed by atoms with E-state index in [4.69, 9.17) is 0 Å². The Bertz CT molecular complexity index is 1090. The van der Waals surface area contributed by atoms with E-state index in [0.717, 1.165) is 16.7 Å². The lowest BCUT2D eigenvalue weighted by molar-refractivity contribution is -0.134. The third-order valence-electron chi connectivity index (χ3n) is 6.41. The Balaban J connectivity index is 1.55. The molecule has 5 heteroatoms. The minimum absolute atomic E-state index is 0.0353. The van der Waals surface area contributed by atoms with E-state index in [1.165, 1.54) is 0 Å². The van der Waals surface area contributed by atoms with Gasteiger partial charge in [0.25, 0.3) is 5.91 Å². The summed E-state index contributed by atoms with van der Waals surface area (Å²) in [5.41, 5.74) is 3.52. The topological polar surface area (TPSA) is 62.3 Å². The average Bonchev–Trinajstić information content (AvgIpc) is 2.85. The lowest BCUT2D eigenvalue weighted by Gasteiger charge is -2.41. The number of carbonyl (C=O) groups is 2. The van der Waals surface area contributed by atoms with Gasteiger partial charge in [-0.1, -0.05) is 42.5 Å². The maximum atomic E-state index is 13.4. The standard InChI is InChI=1S/C28H31N3O2/c1-21(2)30-27(33)28(13-17-31(18-14-28)26(32)24-8-4-3-5-9-24)20-22-7-6-10-25(19-22)23-11-15-29-16-12-23/h3-12,15-16,19,21H,13-14,17-18,20H2,1-2H3,(H,30,33). The zero-order valence-electron chi connectivity index (χ0n) is 19.3. The highest BCUT2D eigenvalue weighted by atomic mass is 16.2. The molecule has 0 bridgehead atoms. The van der Waals surface area contributed by atoms with Crippen LogP contribution in [0.4, 0.5) is 0 Å². The maximum absolute atomic E-state index is 13.4. The third-order valence-corrected chi connectivity index (χ3v) is 6.41. The SMILES string of the molecule is CC(C)NC(=O)C1(Cc2cccc(-c3ccncc3)c2)CCN(C(=O)c2ccccc2)CC1. The lowest BCUT2D eigenvalue weighted by atomic mass is 9.72. The number of nitrogens with one attached hydrogen (secondary N) is 1. The molecule has 1 aliphatic heterocycles. The number of carbonyl (C=O) groups excluding carboxylic acids is 2. The van der Waals surface area contributed by atoms with Gasteiger partial charge in [-0.2, -0.15) is 0 Å². The first-order valence-electron chi connectivity index (χ1n) is 11.6. The third kappa shape index (κ3) is 5.30. The fourth-order valence-corrected chi connectivity index (χ4v) is 4.60. The number of piperidine rings is 1. The monoisotopic (exact) mass is 441 g/mol. The van der Waals surface area contributed by atoms with E-state index >= 15 is 0 Å². The summed E-state index contributed by atoms with van der Waals surface area (Å²) in [5, 5.41) is 3.14. The second-order valence-corrected chi connectivity index (χ2v) is 9.18. The first-order chi connectivity index (χ1) is 16.0. The molecular formula is C28H31N3O2. The largest absolute Gasteiger partial charge is 0.353 e. The van der Waals surface area contributed by atoms with Gasteiger partial charge in [-0.3, -0.25) is 14.6 Å². The van der Waals surface area contributed by atoms with Crippen LogP contribution in [0.15, 0.2) is 79.1 Å². The Morgan fingerprint density at radius 1 is 0.939 bits per heavy atom. The highest BCUT2D eigenvalue weighted by Gasteiger charge is 2.42. The van der Waals surface area contributed by atoms with Gasteiger partial charge in [0.2, 0.25) is 5.91 Å². The minimum atomic E-state index is -0.533. The zero-order chi connectivity index (χ0) is 23.3. The number of rotatable bonds is 6. The van der Waals surface area contributed by atoms with Crippen molar-refractivity contribution in [3.8, 4) is 11.1 Å². The van der Waals surface area contributed by atoms with Gasteiger partial charge in [0.1, 0.15) is 0 Å². The van der Waals surface area contributed by atoms with E-state index in [0.29, 0.717) is 37.9 Å². The van der Waals surface area contributed by atoms with Crippen LogP contribution < -0.4 is 5.32 Å². The normalized spacial score (nSPS) is 15.3. The second kappa shape index (κ2) is 9.99. The average molecular weight is 442 g/mol. The van der Waals surface area contributed by atoms with Crippen molar-refractivity contribution in [1.29, 1.82) is 0 Å². The molecule has 1 aromatic heterocycles. The molecule has 3 aromatic rings. The van der Waals surface area contributed by atoms with E-state index < -0.39 is 5.41 Å². The summed E-state index contributed by atoms with van der Waals surface area (Å²) in [6.07, 6.45) is 5.52. The summed E-state index contributed by atoms with van der Waals surface area (Å²) in [7, 11) is 0. The van der Waals surface area contributed by atoms with Crippen LogP contribution in [0.3, 0.4) is 0 Å². The molecule has 0 saturated carbocycles. The van der Waals surface area contributed by atoms with Gasteiger partial charge < -0.3 is 10.2 Å². The molecular weight excluding hydrogens is 410 g/mol. The number of benzene rings is 2. The predicted molar refractivity (Wildman–Crippen MR) is 131 cm³/mol. The van der Waals surface area contributed by atoms with Crippen LogP contribution in [0.2, 0.25) is 0 Å². The summed E-state index contributed by atoms with van der Waals surface area (Å²) in [6, 6.07) is 21.8. The van der Waals surface area contributed by atoms with Gasteiger partial charge in [-0.15, -0.1) is 0 Å². The fraction of sp³-hybridized carbons (Fsp3) is 0.321. The predicted octanol–water partition coefficient (Wildman–Crippen LogP) is 4.74. The van der Waals surface area contributed by atoms with E-state index in [1.807, 2.05) is 67.3 Å². The van der Waals surface area contributed by atoms with Crippen molar-refractivity contribution in [2.24, 2.45) is 5.41 Å². The van der Waals surface area contributed by atoms with E-state index in [9.17, 15) is 9.59 Å². The molecule has 4 rings (SSSR count). The van der Waals surface area contributed by atoms with Crippen LogP contribution in [0.25, 0.3) is 11.1 Å². The Kier molecular flexibility index (Phi) is 6.87. The van der Waals surface area contributed by atoms with Gasteiger partial charge in [-0.05, 0) is 74.1 Å². The van der Waals surface area contributed by atoms with Crippen LogP contribution in [0, 0.1) is 5.41 Å². The summed E-state index contributed by atoms with van der Waals surface area (Å²) < 4.78 is 0. The Morgan fingerprint density at radius 2 is 1.64 bits per heavy atom. The van der Waals surface area contributed by atoms with Gasteiger partial charge >= 0.3 is 0 Å². The first kappa shape index (κ1) is 22.7. The molecule has 0 spiro atoms. The number of likely N-dealkylation sites (tertiary alicyclic amines) is 1. The zero-order valence-corrected chi connectivity index (χ0v) is 19.3.